The summed E-state index contributed by atoms with van der Waals surface area (Å²) in [7, 11) is 0. The molecule has 134 valence electrons. The third-order valence-corrected chi connectivity index (χ3v) is 3.87. The van der Waals surface area contributed by atoms with Crippen LogP contribution in [0.5, 0.6) is 0 Å². The molecule has 0 saturated carbocycles. The number of aromatic nitrogens is 2. The molecule has 1 heterocycles. The average Bonchev–Trinajstić information content (AvgIpc) is 3.12. The number of carbonyl (C=O) groups excluding carboxylic acids is 1. The van der Waals surface area contributed by atoms with Crippen LogP contribution in [0.3, 0.4) is 0 Å². The third kappa shape index (κ3) is 4.24. The molecule has 7 heteroatoms. The molecule has 0 radical (unpaired) electrons. The highest BCUT2D eigenvalue weighted by atomic mass is 19.1. The van der Waals surface area contributed by atoms with Crippen molar-refractivity contribution in [3.63, 3.8) is 0 Å². The van der Waals surface area contributed by atoms with Crippen molar-refractivity contribution in [2.45, 2.75) is 26.3 Å². The normalized spacial score (nSPS) is 11.8. The van der Waals surface area contributed by atoms with Crippen LogP contribution in [0.2, 0.25) is 0 Å². The van der Waals surface area contributed by atoms with Gasteiger partial charge in [-0.3, -0.25) is 0 Å². The van der Waals surface area contributed by atoms with Crippen LogP contribution in [0.25, 0.3) is 22.8 Å². The van der Waals surface area contributed by atoms with Gasteiger partial charge >= 0.3 is 6.03 Å². The summed E-state index contributed by atoms with van der Waals surface area (Å²) in [5, 5.41) is 9.55. The third-order valence-electron chi connectivity index (χ3n) is 3.87. The van der Waals surface area contributed by atoms with E-state index in [1.807, 2.05) is 13.8 Å². The van der Waals surface area contributed by atoms with Crippen molar-refractivity contribution in [2.24, 2.45) is 0 Å². The Balaban J connectivity index is 1.77. The molecule has 1 aromatic heterocycles. The van der Waals surface area contributed by atoms with Crippen molar-refractivity contribution in [3.8, 4) is 22.8 Å². The predicted octanol–water partition coefficient (Wildman–Crippen LogP) is 4.46. The van der Waals surface area contributed by atoms with Gasteiger partial charge in [-0.2, -0.15) is 4.98 Å². The number of carbonyl (C=O) groups is 1. The van der Waals surface area contributed by atoms with Crippen LogP contribution in [0.4, 0.5) is 14.9 Å². The fourth-order valence-electron chi connectivity index (χ4n) is 2.31. The van der Waals surface area contributed by atoms with Gasteiger partial charge in [0.25, 0.3) is 5.89 Å². The second kappa shape index (κ2) is 7.77. The highest BCUT2D eigenvalue weighted by Crippen LogP contribution is 2.24. The molecule has 2 N–H and O–H groups in total. The molecule has 0 unspecified atom stereocenters. The number of benzene rings is 2. The Hall–Kier alpha value is -3.22. The number of urea groups is 1. The number of nitrogens with zero attached hydrogens (tertiary/aromatic N) is 2. The summed E-state index contributed by atoms with van der Waals surface area (Å²) in [6.45, 7) is 3.93. The van der Waals surface area contributed by atoms with E-state index >= 15 is 0 Å². The minimum atomic E-state index is -0.374. The molecule has 6 nitrogen and oxygen atoms in total. The Bertz CT molecular complexity index is 910. The number of hydrogen-bond donors (Lipinski definition) is 2. The fourth-order valence-corrected chi connectivity index (χ4v) is 2.31. The van der Waals surface area contributed by atoms with Crippen LogP contribution in [-0.4, -0.2) is 22.2 Å². The summed E-state index contributed by atoms with van der Waals surface area (Å²) < 4.78 is 18.6. The van der Waals surface area contributed by atoms with Crippen LogP contribution in [0.1, 0.15) is 20.3 Å². The van der Waals surface area contributed by atoms with E-state index in [0.29, 0.717) is 22.6 Å². The second-order valence-electron chi connectivity index (χ2n) is 5.92. The van der Waals surface area contributed by atoms with Crippen LogP contribution in [0.15, 0.2) is 53.1 Å². The van der Waals surface area contributed by atoms with E-state index in [1.54, 1.807) is 36.4 Å². The SMILES string of the molecule is CC[C@@H](C)NC(=O)Nc1cccc(-c2noc(-c3cccc(F)c3)n2)c1. The van der Waals surface area contributed by atoms with Crippen molar-refractivity contribution in [3.05, 3.63) is 54.3 Å². The fraction of sp³-hybridized carbons (Fsp3) is 0.211. The van der Waals surface area contributed by atoms with Crippen LogP contribution in [0, 0.1) is 5.82 Å². The molecule has 2 amide bonds. The standard InChI is InChI=1S/C19H19FN4O2/c1-3-12(2)21-19(25)22-16-9-5-6-13(11-16)17-23-18(26-24-17)14-7-4-8-15(20)10-14/h4-12H,3H2,1-2H3,(H2,21,22,25)/t12-/m1/s1. The highest BCUT2D eigenvalue weighted by molar-refractivity contribution is 5.90. The molecule has 0 aliphatic rings. The van der Waals surface area contributed by atoms with Gasteiger partial charge in [0.05, 0.1) is 0 Å². The molecule has 3 rings (SSSR count). The van der Waals surface area contributed by atoms with Crippen molar-refractivity contribution in [2.75, 3.05) is 5.32 Å². The van der Waals surface area contributed by atoms with Gasteiger partial charge in [-0.25, -0.2) is 9.18 Å². The highest BCUT2D eigenvalue weighted by Gasteiger charge is 2.12. The maximum absolute atomic E-state index is 13.3. The molecule has 3 aromatic rings. The van der Waals surface area contributed by atoms with Gasteiger partial charge in [0.15, 0.2) is 0 Å². The largest absolute Gasteiger partial charge is 0.335 e. The number of hydrogen-bond acceptors (Lipinski definition) is 4. The molecule has 0 spiro atoms. The van der Waals surface area contributed by atoms with Gasteiger partial charge in [0, 0.05) is 22.9 Å². The van der Waals surface area contributed by atoms with E-state index in [0.717, 1.165) is 6.42 Å². The van der Waals surface area contributed by atoms with Crippen molar-refractivity contribution < 1.29 is 13.7 Å². The lowest BCUT2D eigenvalue weighted by molar-refractivity contribution is 0.249. The summed E-state index contributed by atoms with van der Waals surface area (Å²) >= 11 is 0. The van der Waals surface area contributed by atoms with Crippen LogP contribution >= 0.6 is 0 Å². The minimum absolute atomic E-state index is 0.0872. The number of nitrogens with one attached hydrogen (secondary N) is 2. The van der Waals surface area contributed by atoms with Gasteiger partial charge < -0.3 is 15.2 Å². The molecule has 0 bridgehead atoms. The molecule has 0 fully saturated rings. The predicted molar refractivity (Wildman–Crippen MR) is 97.0 cm³/mol. The molecule has 2 aromatic carbocycles. The quantitative estimate of drug-likeness (QED) is 0.709. The van der Waals surface area contributed by atoms with E-state index in [1.165, 1.54) is 12.1 Å². The Morgan fingerprint density at radius 1 is 1.19 bits per heavy atom. The maximum Gasteiger partial charge on any atom is 0.319 e. The van der Waals surface area contributed by atoms with Gasteiger partial charge in [-0.1, -0.05) is 30.3 Å². The van der Waals surface area contributed by atoms with E-state index in [9.17, 15) is 9.18 Å². The lowest BCUT2D eigenvalue weighted by Gasteiger charge is -2.12. The number of anilines is 1. The Kier molecular flexibility index (Phi) is 5.26. The number of halogens is 1. The monoisotopic (exact) mass is 354 g/mol. The molecule has 26 heavy (non-hydrogen) atoms. The smallest absolute Gasteiger partial charge is 0.319 e. The van der Waals surface area contributed by atoms with Crippen molar-refractivity contribution in [1.29, 1.82) is 0 Å². The van der Waals surface area contributed by atoms with E-state index in [2.05, 4.69) is 20.8 Å². The zero-order chi connectivity index (χ0) is 18.5. The number of amides is 2. The molecular formula is C19H19FN4O2. The average molecular weight is 354 g/mol. The first-order valence-electron chi connectivity index (χ1n) is 8.32. The maximum atomic E-state index is 13.3. The Morgan fingerprint density at radius 2 is 1.96 bits per heavy atom. The summed E-state index contributed by atoms with van der Waals surface area (Å²) in [6, 6.07) is 12.9. The first kappa shape index (κ1) is 17.6. The molecule has 1 atom stereocenters. The second-order valence-corrected chi connectivity index (χ2v) is 5.92. The van der Waals surface area contributed by atoms with Crippen LogP contribution < -0.4 is 10.6 Å². The molecule has 0 aliphatic carbocycles. The van der Waals surface area contributed by atoms with E-state index in [-0.39, 0.29) is 23.8 Å². The molecular weight excluding hydrogens is 335 g/mol. The van der Waals surface area contributed by atoms with Crippen LogP contribution in [-0.2, 0) is 0 Å². The summed E-state index contributed by atoms with van der Waals surface area (Å²) in [4.78, 5) is 16.2. The minimum Gasteiger partial charge on any atom is -0.335 e. The van der Waals surface area contributed by atoms with Gasteiger partial charge in [-0.05, 0) is 43.7 Å². The number of rotatable bonds is 5. The lowest BCUT2D eigenvalue weighted by atomic mass is 10.2. The Morgan fingerprint density at radius 3 is 2.73 bits per heavy atom. The van der Waals surface area contributed by atoms with Gasteiger partial charge in [0.1, 0.15) is 5.82 Å². The Labute approximate surface area is 150 Å². The van der Waals surface area contributed by atoms with Gasteiger partial charge in [-0.15, -0.1) is 0 Å². The summed E-state index contributed by atoms with van der Waals surface area (Å²) in [6.07, 6.45) is 0.846. The first-order valence-corrected chi connectivity index (χ1v) is 8.32. The van der Waals surface area contributed by atoms with Gasteiger partial charge in [0.2, 0.25) is 5.82 Å². The lowest BCUT2D eigenvalue weighted by Crippen LogP contribution is -2.35. The van der Waals surface area contributed by atoms with Crippen molar-refractivity contribution >= 4 is 11.7 Å². The summed E-state index contributed by atoms with van der Waals surface area (Å²) in [5.74, 6) is 0.211. The molecule has 0 saturated heterocycles. The first-order chi connectivity index (χ1) is 12.5. The van der Waals surface area contributed by atoms with E-state index < -0.39 is 0 Å². The van der Waals surface area contributed by atoms with Crippen molar-refractivity contribution in [1.82, 2.24) is 15.5 Å². The zero-order valence-corrected chi connectivity index (χ0v) is 14.5. The zero-order valence-electron chi connectivity index (χ0n) is 14.5. The van der Waals surface area contributed by atoms with E-state index in [4.69, 9.17) is 4.52 Å². The summed E-state index contributed by atoms with van der Waals surface area (Å²) in [5.41, 5.74) is 1.80. The topological polar surface area (TPSA) is 80.0 Å². The molecule has 0 aliphatic heterocycles.